The van der Waals surface area contributed by atoms with E-state index in [1.54, 1.807) is 0 Å². The van der Waals surface area contributed by atoms with Crippen molar-refractivity contribution in [2.75, 3.05) is 11.5 Å². The molecule has 2 nitrogen and oxygen atoms in total. The van der Waals surface area contributed by atoms with E-state index in [1.807, 2.05) is 24.3 Å². The molecule has 0 saturated heterocycles. The lowest BCUT2D eigenvalue weighted by molar-refractivity contribution is 0.613. The number of unbranched alkanes of at least 4 members (excludes halogenated alkanes) is 4. The minimum absolute atomic E-state index is 0.829. The van der Waals surface area contributed by atoms with Gasteiger partial charge in [0.15, 0.2) is 0 Å². The van der Waals surface area contributed by atoms with E-state index in [9.17, 15) is 0 Å². The first kappa shape index (κ1) is 28.5. The summed E-state index contributed by atoms with van der Waals surface area (Å²) < 4.78 is 0. The summed E-state index contributed by atoms with van der Waals surface area (Å²) in [5.74, 6) is 0. The lowest BCUT2D eigenvalue weighted by atomic mass is 9.94. The molecule has 0 aliphatic rings. The third-order valence-corrected chi connectivity index (χ3v) is 7.98. The second-order valence-electron chi connectivity index (χ2n) is 11.0. The maximum atomic E-state index is 5.85. The summed E-state index contributed by atoms with van der Waals surface area (Å²) in [5, 5.41) is 0. The van der Waals surface area contributed by atoms with Gasteiger partial charge in [-0.3, -0.25) is 0 Å². The number of hydrogen-bond donors (Lipinski definition) is 2. The van der Waals surface area contributed by atoms with E-state index in [2.05, 4.69) is 74.5 Å². The van der Waals surface area contributed by atoms with Crippen molar-refractivity contribution in [3.63, 3.8) is 0 Å². The van der Waals surface area contributed by atoms with Gasteiger partial charge < -0.3 is 11.5 Å². The summed E-state index contributed by atoms with van der Waals surface area (Å²) in [6.07, 6.45) is 13.0. The Kier molecular flexibility index (Phi) is 10.7. The number of rotatable bonds is 14. The fraction of sp³-hybridized carbons (Fsp3) is 0.351. The zero-order valence-corrected chi connectivity index (χ0v) is 24.0. The summed E-state index contributed by atoms with van der Waals surface area (Å²) in [5.41, 5.74) is 24.8. The van der Waals surface area contributed by atoms with Gasteiger partial charge in [-0.2, -0.15) is 0 Å². The van der Waals surface area contributed by atoms with Crippen molar-refractivity contribution in [1.82, 2.24) is 0 Å². The Morgan fingerprint density at radius 1 is 0.410 bits per heavy atom. The third kappa shape index (κ3) is 8.75. The van der Waals surface area contributed by atoms with Crippen molar-refractivity contribution in [1.29, 1.82) is 0 Å². The van der Waals surface area contributed by atoms with Gasteiger partial charge in [0.1, 0.15) is 0 Å². The van der Waals surface area contributed by atoms with Crippen LogP contribution in [0.2, 0.25) is 0 Å². The molecule has 0 saturated carbocycles. The zero-order valence-electron chi connectivity index (χ0n) is 24.0. The normalized spacial score (nSPS) is 11.1. The number of benzene rings is 4. The molecular formula is C37H46N2. The van der Waals surface area contributed by atoms with Gasteiger partial charge in [-0.15, -0.1) is 0 Å². The van der Waals surface area contributed by atoms with Gasteiger partial charge in [0.25, 0.3) is 0 Å². The van der Waals surface area contributed by atoms with Crippen molar-refractivity contribution < 1.29 is 0 Å². The lowest BCUT2D eigenvalue weighted by Gasteiger charge is -2.12. The smallest absolute Gasteiger partial charge is 0.0314 e. The van der Waals surface area contributed by atoms with Crippen LogP contribution in [0.1, 0.15) is 90.5 Å². The molecule has 0 aliphatic carbocycles. The number of hydrogen-bond acceptors (Lipinski definition) is 2. The molecule has 4 aromatic rings. The molecule has 0 heterocycles. The topological polar surface area (TPSA) is 52.0 Å². The van der Waals surface area contributed by atoms with Crippen molar-refractivity contribution in [3.8, 4) is 0 Å². The fourth-order valence-electron chi connectivity index (χ4n) is 5.57. The van der Waals surface area contributed by atoms with Crippen LogP contribution in [0.15, 0.2) is 84.9 Å². The first-order valence-corrected chi connectivity index (χ1v) is 14.9. The minimum atomic E-state index is 0.829. The lowest BCUT2D eigenvalue weighted by Crippen LogP contribution is -1.98. The molecule has 2 heteroatoms. The van der Waals surface area contributed by atoms with E-state index >= 15 is 0 Å². The molecule has 4 rings (SSSR count). The van der Waals surface area contributed by atoms with Crippen LogP contribution in [0, 0.1) is 0 Å². The van der Waals surface area contributed by atoms with Crippen LogP contribution in [-0.2, 0) is 38.5 Å². The Balaban J connectivity index is 1.17. The number of nitrogen functional groups attached to an aromatic ring is 2. The molecule has 0 aromatic heterocycles. The molecule has 204 valence electrons. The van der Waals surface area contributed by atoms with Crippen LogP contribution >= 0.6 is 0 Å². The van der Waals surface area contributed by atoms with Gasteiger partial charge in [-0.1, -0.05) is 93.8 Å². The minimum Gasteiger partial charge on any atom is -0.399 e. The number of aryl methyl sites for hydroxylation is 4. The van der Waals surface area contributed by atoms with E-state index < -0.39 is 0 Å². The standard InChI is InChI=1S/C37H46N2/c1-3-32-24-28(12-18-34(32)26-30-14-20-36(38)21-15-30)10-8-6-5-7-9-11-29-13-19-35(33(4-2)25-29)27-31-16-22-37(39)23-17-31/h12-25H,3-11,26-27,38-39H2,1-2H3. The Bertz CT molecular complexity index is 1200. The molecule has 0 unspecified atom stereocenters. The molecule has 0 bridgehead atoms. The largest absolute Gasteiger partial charge is 0.399 e. The SMILES string of the molecule is CCc1cc(CCCCCCCc2ccc(Cc3ccc(N)cc3)c(CC)c2)ccc1Cc1ccc(N)cc1. The predicted octanol–water partition coefficient (Wildman–Crippen LogP) is 8.89. The van der Waals surface area contributed by atoms with Gasteiger partial charge in [0.05, 0.1) is 0 Å². The maximum Gasteiger partial charge on any atom is 0.0314 e. The summed E-state index contributed by atoms with van der Waals surface area (Å²) in [4.78, 5) is 0. The Morgan fingerprint density at radius 3 is 1.15 bits per heavy atom. The van der Waals surface area contributed by atoms with Crippen molar-refractivity contribution in [2.24, 2.45) is 0 Å². The average molecular weight is 519 g/mol. The van der Waals surface area contributed by atoms with Gasteiger partial charge in [0, 0.05) is 11.4 Å². The highest BCUT2D eigenvalue weighted by Gasteiger charge is 2.06. The predicted molar refractivity (Wildman–Crippen MR) is 169 cm³/mol. The molecule has 4 N–H and O–H groups in total. The first-order chi connectivity index (χ1) is 19.0. The van der Waals surface area contributed by atoms with Crippen LogP contribution < -0.4 is 11.5 Å². The van der Waals surface area contributed by atoms with Crippen molar-refractivity contribution >= 4 is 11.4 Å². The molecular weight excluding hydrogens is 472 g/mol. The monoisotopic (exact) mass is 518 g/mol. The van der Waals surface area contributed by atoms with Crippen LogP contribution in [0.3, 0.4) is 0 Å². The van der Waals surface area contributed by atoms with E-state index in [1.165, 1.54) is 89.5 Å². The molecule has 4 aromatic carbocycles. The second-order valence-corrected chi connectivity index (χ2v) is 11.0. The summed E-state index contributed by atoms with van der Waals surface area (Å²) in [7, 11) is 0. The number of nitrogens with two attached hydrogens (primary N) is 2. The van der Waals surface area contributed by atoms with Gasteiger partial charge in [0.2, 0.25) is 0 Å². The van der Waals surface area contributed by atoms with E-state index in [-0.39, 0.29) is 0 Å². The molecule has 39 heavy (non-hydrogen) atoms. The van der Waals surface area contributed by atoms with Crippen LogP contribution in [-0.4, -0.2) is 0 Å². The average Bonchev–Trinajstić information content (AvgIpc) is 2.96. The highest BCUT2D eigenvalue weighted by molar-refractivity contribution is 5.43. The Morgan fingerprint density at radius 2 is 0.769 bits per heavy atom. The summed E-state index contributed by atoms with van der Waals surface area (Å²) >= 11 is 0. The second kappa shape index (κ2) is 14.6. The molecule has 0 amide bonds. The third-order valence-electron chi connectivity index (χ3n) is 7.98. The fourth-order valence-corrected chi connectivity index (χ4v) is 5.57. The van der Waals surface area contributed by atoms with Gasteiger partial charge in [-0.05, 0) is 120 Å². The summed E-state index contributed by atoms with van der Waals surface area (Å²) in [6.45, 7) is 4.53. The van der Waals surface area contributed by atoms with Crippen LogP contribution in [0.4, 0.5) is 11.4 Å². The van der Waals surface area contributed by atoms with Crippen LogP contribution in [0.25, 0.3) is 0 Å². The molecule has 0 spiro atoms. The van der Waals surface area contributed by atoms with E-state index in [4.69, 9.17) is 11.5 Å². The quantitative estimate of drug-likeness (QED) is 0.129. The maximum absolute atomic E-state index is 5.85. The van der Waals surface area contributed by atoms with Crippen molar-refractivity contribution in [2.45, 2.75) is 84.5 Å². The first-order valence-electron chi connectivity index (χ1n) is 14.9. The summed E-state index contributed by atoms with van der Waals surface area (Å²) in [6, 6.07) is 30.8. The molecule has 0 fully saturated rings. The molecule has 0 aliphatic heterocycles. The molecule has 0 atom stereocenters. The number of anilines is 2. The van der Waals surface area contributed by atoms with E-state index in [0.29, 0.717) is 0 Å². The van der Waals surface area contributed by atoms with E-state index in [0.717, 1.165) is 37.1 Å². The highest BCUT2D eigenvalue weighted by atomic mass is 14.5. The Hall–Kier alpha value is -3.52. The molecule has 0 radical (unpaired) electrons. The highest BCUT2D eigenvalue weighted by Crippen LogP contribution is 2.21. The zero-order chi connectivity index (χ0) is 27.5. The van der Waals surface area contributed by atoms with Gasteiger partial charge >= 0.3 is 0 Å². The Labute approximate surface area is 236 Å². The van der Waals surface area contributed by atoms with Gasteiger partial charge in [-0.25, -0.2) is 0 Å². The van der Waals surface area contributed by atoms with Crippen molar-refractivity contribution in [3.05, 3.63) is 129 Å². The van der Waals surface area contributed by atoms with Crippen LogP contribution in [0.5, 0.6) is 0 Å².